The predicted molar refractivity (Wildman–Crippen MR) is 139 cm³/mol. The zero-order valence-electron chi connectivity index (χ0n) is 19.3. The molecule has 34 heavy (non-hydrogen) atoms. The number of carbonyl (C=O) groups excluding carboxylic acids is 2. The third-order valence-corrected chi connectivity index (χ3v) is 7.62. The van der Waals surface area contributed by atoms with Gasteiger partial charge in [-0.3, -0.25) is 9.59 Å². The fourth-order valence-corrected chi connectivity index (χ4v) is 5.72. The van der Waals surface area contributed by atoms with Crippen molar-refractivity contribution in [3.8, 4) is 0 Å². The number of thiophene rings is 1. The Morgan fingerprint density at radius 1 is 1.18 bits per heavy atom. The maximum absolute atomic E-state index is 13.7. The predicted octanol–water partition coefficient (Wildman–Crippen LogP) is 6.08. The Morgan fingerprint density at radius 3 is 2.59 bits per heavy atom. The van der Waals surface area contributed by atoms with Crippen molar-refractivity contribution in [1.82, 2.24) is 9.80 Å². The minimum absolute atomic E-state index is 0.0255. The molecule has 4 rings (SSSR count). The van der Waals surface area contributed by atoms with Crippen molar-refractivity contribution < 1.29 is 9.59 Å². The molecule has 4 nitrogen and oxygen atoms in total. The molecule has 0 spiro atoms. The molecular weight excluding hydrogens is 464 g/mol. The Balaban J connectivity index is 1.60. The van der Waals surface area contributed by atoms with Crippen molar-refractivity contribution in [2.24, 2.45) is 0 Å². The normalized spacial score (nSPS) is 15.9. The number of amides is 2. The third kappa shape index (κ3) is 5.11. The van der Waals surface area contributed by atoms with Crippen LogP contribution in [0, 0.1) is 0 Å². The summed E-state index contributed by atoms with van der Waals surface area (Å²) in [6.45, 7) is 6.80. The Labute approximate surface area is 210 Å². The number of halogens is 1. The number of rotatable bonds is 8. The highest BCUT2D eigenvalue weighted by Gasteiger charge is 2.34. The van der Waals surface area contributed by atoms with E-state index in [1.807, 2.05) is 66.4 Å². The minimum atomic E-state index is -0.286. The molecule has 2 atom stereocenters. The maximum Gasteiger partial charge on any atom is 0.243 e. The van der Waals surface area contributed by atoms with Crippen LogP contribution in [0.1, 0.15) is 46.9 Å². The van der Waals surface area contributed by atoms with Crippen LogP contribution in [0.3, 0.4) is 0 Å². The van der Waals surface area contributed by atoms with Gasteiger partial charge in [-0.25, -0.2) is 0 Å². The molecule has 176 valence electrons. The Bertz CT molecular complexity index is 1140. The molecule has 2 aromatic carbocycles. The van der Waals surface area contributed by atoms with Gasteiger partial charge in [0.2, 0.25) is 11.8 Å². The van der Waals surface area contributed by atoms with Gasteiger partial charge in [0.05, 0.1) is 12.0 Å². The minimum Gasteiger partial charge on any atom is -0.330 e. The molecule has 2 heterocycles. The first kappa shape index (κ1) is 24.2. The average molecular weight is 493 g/mol. The molecule has 0 bridgehead atoms. The Hall–Kier alpha value is -2.89. The van der Waals surface area contributed by atoms with E-state index in [0.717, 1.165) is 23.1 Å². The van der Waals surface area contributed by atoms with Crippen LogP contribution in [0.2, 0.25) is 5.02 Å². The fraction of sp³-hybridized carbons (Fsp3) is 0.286. The maximum atomic E-state index is 13.7. The monoisotopic (exact) mass is 492 g/mol. The molecule has 0 radical (unpaired) electrons. The SMILES string of the molecule is C=CCN(CC(=O)N1CCc2sccc2C1c1ccc(Cl)cc1)C(=O)C(CC)c1ccccc1. The lowest BCUT2D eigenvalue weighted by Crippen LogP contribution is -2.47. The summed E-state index contributed by atoms with van der Waals surface area (Å²) in [7, 11) is 0. The van der Waals surface area contributed by atoms with Crippen LogP contribution in [0.4, 0.5) is 0 Å². The summed E-state index contributed by atoms with van der Waals surface area (Å²) in [6, 6.07) is 19.4. The Kier molecular flexibility index (Phi) is 7.86. The van der Waals surface area contributed by atoms with E-state index in [1.165, 1.54) is 4.88 Å². The zero-order valence-corrected chi connectivity index (χ0v) is 20.9. The molecule has 1 aliphatic rings. The number of fused-ring (bicyclic) bond motifs is 1. The van der Waals surface area contributed by atoms with Gasteiger partial charge in [0, 0.05) is 23.0 Å². The first-order valence-electron chi connectivity index (χ1n) is 11.6. The van der Waals surface area contributed by atoms with Crippen LogP contribution in [0.15, 0.2) is 78.7 Å². The number of nitrogens with zero attached hydrogens (tertiary/aromatic N) is 2. The van der Waals surface area contributed by atoms with Crippen molar-refractivity contribution >= 4 is 34.8 Å². The van der Waals surface area contributed by atoms with E-state index in [0.29, 0.717) is 24.5 Å². The number of carbonyl (C=O) groups is 2. The van der Waals surface area contributed by atoms with Crippen molar-refractivity contribution in [3.05, 3.63) is 105 Å². The van der Waals surface area contributed by atoms with Crippen molar-refractivity contribution in [2.45, 2.75) is 31.7 Å². The second-order valence-electron chi connectivity index (χ2n) is 8.47. The van der Waals surface area contributed by atoms with Gasteiger partial charge in [-0.1, -0.05) is 67.1 Å². The molecule has 6 heteroatoms. The van der Waals surface area contributed by atoms with E-state index in [-0.39, 0.29) is 30.3 Å². The summed E-state index contributed by atoms with van der Waals surface area (Å²) in [5, 5.41) is 2.75. The van der Waals surface area contributed by atoms with E-state index in [1.54, 1.807) is 22.3 Å². The summed E-state index contributed by atoms with van der Waals surface area (Å²) < 4.78 is 0. The molecule has 0 fully saturated rings. The van der Waals surface area contributed by atoms with Gasteiger partial charge in [-0.05, 0) is 53.1 Å². The molecule has 0 saturated heterocycles. The molecule has 0 N–H and O–H groups in total. The van der Waals surface area contributed by atoms with E-state index in [2.05, 4.69) is 18.0 Å². The highest BCUT2D eigenvalue weighted by molar-refractivity contribution is 7.10. The summed E-state index contributed by atoms with van der Waals surface area (Å²) >= 11 is 7.86. The quantitative estimate of drug-likeness (QED) is 0.357. The standard InChI is InChI=1S/C28H29ClN2O2S/c1-3-16-30(28(33)23(4-2)20-8-6-5-7-9-20)19-26(32)31-17-14-25-24(15-18-34-25)27(31)21-10-12-22(29)13-11-21/h3,5-13,15,18,23,27H,1,4,14,16-17,19H2,2H3. The molecule has 2 unspecified atom stereocenters. The first-order valence-corrected chi connectivity index (χ1v) is 12.8. The van der Waals surface area contributed by atoms with Crippen LogP contribution in [0.25, 0.3) is 0 Å². The van der Waals surface area contributed by atoms with E-state index in [4.69, 9.17) is 11.6 Å². The lowest BCUT2D eigenvalue weighted by molar-refractivity contribution is -0.142. The molecule has 3 aromatic rings. The molecule has 1 aliphatic heterocycles. The van der Waals surface area contributed by atoms with Crippen LogP contribution in [-0.2, 0) is 16.0 Å². The fourth-order valence-electron chi connectivity index (χ4n) is 4.69. The smallest absolute Gasteiger partial charge is 0.243 e. The van der Waals surface area contributed by atoms with Crippen LogP contribution >= 0.6 is 22.9 Å². The number of hydrogen-bond donors (Lipinski definition) is 0. The molecular formula is C28H29ClN2O2S. The Morgan fingerprint density at radius 2 is 1.91 bits per heavy atom. The van der Waals surface area contributed by atoms with Gasteiger partial charge >= 0.3 is 0 Å². The summed E-state index contributed by atoms with van der Waals surface area (Å²) in [6.07, 6.45) is 3.17. The van der Waals surface area contributed by atoms with E-state index >= 15 is 0 Å². The van der Waals surface area contributed by atoms with Crippen LogP contribution in [0.5, 0.6) is 0 Å². The molecule has 2 amide bonds. The molecule has 1 aromatic heterocycles. The topological polar surface area (TPSA) is 40.6 Å². The largest absolute Gasteiger partial charge is 0.330 e. The van der Waals surface area contributed by atoms with Crippen LogP contribution in [-0.4, -0.2) is 41.2 Å². The summed E-state index contributed by atoms with van der Waals surface area (Å²) in [5.41, 5.74) is 3.15. The second-order valence-corrected chi connectivity index (χ2v) is 9.91. The number of hydrogen-bond acceptors (Lipinski definition) is 3. The van der Waals surface area contributed by atoms with Crippen LogP contribution < -0.4 is 0 Å². The number of benzene rings is 2. The van der Waals surface area contributed by atoms with Gasteiger partial charge in [0.1, 0.15) is 6.54 Å². The zero-order chi connectivity index (χ0) is 24.1. The summed E-state index contributed by atoms with van der Waals surface area (Å²) in [5.74, 6) is -0.390. The van der Waals surface area contributed by atoms with Gasteiger partial charge in [-0.15, -0.1) is 17.9 Å². The lowest BCUT2D eigenvalue weighted by atomic mass is 9.93. The van der Waals surface area contributed by atoms with Gasteiger partial charge in [0.25, 0.3) is 0 Å². The lowest BCUT2D eigenvalue weighted by Gasteiger charge is -2.38. The second kappa shape index (κ2) is 11.0. The summed E-state index contributed by atoms with van der Waals surface area (Å²) in [4.78, 5) is 32.1. The molecule has 0 aliphatic carbocycles. The highest BCUT2D eigenvalue weighted by atomic mass is 35.5. The first-order chi connectivity index (χ1) is 16.5. The van der Waals surface area contributed by atoms with Gasteiger partial charge < -0.3 is 9.80 Å². The van der Waals surface area contributed by atoms with Gasteiger partial charge in [0.15, 0.2) is 0 Å². The van der Waals surface area contributed by atoms with Crippen molar-refractivity contribution in [1.29, 1.82) is 0 Å². The van der Waals surface area contributed by atoms with Crippen molar-refractivity contribution in [2.75, 3.05) is 19.6 Å². The van der Waals surface area contributed by atoms with E-state index in [9.17, 15) is 9.59 Å². The van der Waals surface area contributed by atoms with Crippen molar-refractivity contribution in [3.63, 3.8) is 0 Å². The molecule has 0 saturated carbocycles. The highest BCUT2D eigenvalue weighted by Crippen LogP contribution is 2.38. The average Bonchev–Trinajstić information content (AvgIpc) is 3.34. The van der Waals surface area contributed by atoms with Gasteiger partial charge in [-0.2, -0.15) is 0 Å². The van der Waals surface area contributed by atoms with E-state index < -0.39 is 0 Å². The third-order valence-electron chi connectivity index (χ3n) is 6.37.